The molecule has 4 rings (SSSR count). The molecule has 3 aliphatic rings. The lowest BCUT2D eigenvalue weighted by atomic mass is 10.0. The van der Waals surface area contributed by atoms with E-state index in [9.17, 15) is 27.6 Å². The van der Waals surface area contributed by atoms with Gasteiger partial charge in [0, 0.05) is 26.1 Å². The number of fused-ring (bicyclic) bond motifs is 2. The van der Waals surface area contributed by atoms with E-state index in [0.717, 1.165) is 29.1 Å². The molecule has 1 aliphatic carbocycles. The Morgan fingerprint density at radius 3 is 2.53 bits per heavy atom. The number of benzene rings is 1. The number of carbonyl (C=O) groups is 4. The number of nitrogens with one attached hydrogen (secondary N) is 3. The summed E-state index contributed by atoms with van der Waals surface area (Å²) >= 11 is 0. The van der Waals surface area contributed by atoms with Crippen LogP contribution in [0.3, 0.4) is 0 Å². The van der Waals surface area contributed by atoms with Gasteiger partial charge >= 0.3 is 16.3 Å². The van der Waals surface area contributed by atoms with E-state index in [0.29, 0.717) is 38.6 Å². The van der Waals surface area contributed by atoms with Gasteiger partial charge in [0.05, 0.1) is 0 Å². The first-order valence-corrected chi connectivity index (χ1v) is 17.3. The first-order chi connectivity index (χ1) is 21.2. The SMILES string of the molecule is CN(CCc1ccccc1)S(=O)(=O)NC(=O)[C@@]12C[C@H]1C=CCCCCC[C@H](NC(=O)OC(C)(C)C)C(=O)N1CCC[C@H]1C(=O)N2. The van der Waals surface area contributed by atoms with Crippen molar-refractivity contribution in [2.24, 2.45) is 5.92 Å². The van der Waals surface area contributed by atoms with Gasteiger partial charge < -0.3 is 20.3 Å². The van der Waals surface area contributed by atoms with Crippen LogP contribution in [0.1, 0.15) is 77.7 Å². The van der Waals surface area contributed by atoms with Crippen LogP contribution in [0.4, 0.5) is 4.79 Å². The number of hydrogen-bond acceptors (Lipinski definition) is 7. The zero-order chi connectivity index (χ0) is 32.8. The molecule has 1 saturated carbocycles. The largest absolute Gasteiger partial charge is 0.444 e. The van der Waals surface area contributed by atoms with E-state index in [1.165, 1.54) is 11.9 Å². The van der Waals surface area contributed by atoms with E-state index in [-0.39, 0.29) is 24.8 Å². The van der Waals surface area contributed by atoms with E-state index in [1.54, 1.807) is 20.8 Å². The molecule has 13 heteroatoms. The molecular weight excluding hydrogens is 598 g/mol. The van der Waals surface area contributed by atoms with Crippen LogP contribution in [-0.4, -0.2) is 84.8 Å². The lowest BCUT2D eigenvalue weighted by Gasteiger charge is -2.30. The topological polar surface area (TPSA) is 154 Å². The van der Waals surface area contributed by atoms with Gasteiger partial charge in [-0.2, -0.15) is 12.7 Å². The Balaban J connectivity index is 1.50. The van der Waals surface area contributed by atoms with Crippen LogP contribution >= 0.6 is 0 Å². The first kappa shape index (κ1) is 34.4. The first-order valence-electron chi connectivity index (χ1n) is 15.8. The van der Waals surface area contributed by atoms with Crippen molar-refractivity contribution < 1.29 is 32.3 Å². The molecule has 248 valence electrons. The standard InChI is InChI=1S/C32H47N5O7S/c1-31(2,3)44-30(41)33-25-17-12-7-5-6-11-16-24-22-32(24,34-27(38)26-18-13-20-37(26)28(25)39)29(40)35-45(42,43)36(4)21-19-23-14-9-8-10-15-23/h8-11,14-16,24-26H,5-7,12-13,17-22H2,1-4H3,(H,33,41)(H,34,38)(H,35,40)/t24-,25+,26+,32-/m1/s1. The molecule has 4 atom stereocenters. The van der Waals surface area contributed by atoms with E-state index in [2.05, 4.69) is 15.4 Å². The monoisotopic (exact) mass is 645 g/mol. The molecule has 12 nitrogen and oxygen atoms in total. The number of nitrogens with zero attached hydrogens (tertiary/aromatic N) is 2. The molecule has 4 amide bonds. The Hall–Kier alpha value is -3.45. The third kappa shape index (κ3) is 9.06. The Morgan fingerprint density at radius 2 is 1.82 bits per heavy atom. The highest BCUT2D eigenvalue weighted by molar-refractivity contribution is 7.87. The van der Waals surface area contributed by atoms with Crippen LogP contribution < -0.4 is 15.4 Å². The predicted molar refractivity (Wildman–Crippen MR) is 169 cm³/mol. The predicted octanol–water partition coefficient (Wildman–Crippen LogP) is 2.80. The molecule has 0 bridgehead atoms. The summed E-state index contributed by atoms with van der Waals surface area (Å²) in [5.41, 5.74) is -1.23. The number of carbonyl (C=O) groups excluding carboxylic acids is 4. The Kier molecular flexibility index (Phi) is 11.0. The van der Waals surface area contributed by atoms with Gasteiger partial charge in [0.2, 0.25) is 11.8 Å². The van der Waals surface area contributed by atoms with Crippen LogP contribution in [0.25, 0.3) is 0 Å². The number of ether oxygens (including phenoxy) is 1. The molecule has 2 fully saturated rings. The number of rotatable bonds is 7. The third-order valence-electron chi connectivity index (χ3n) is 8.52. The molecule has 1 aromatic rings. The van der Waals surface area contributed by atoms with E-state index < -0.39 is 51.3 Å². The quantitative estimate of drug-likeness (QED) is 0.386. The fraction of sp³-hybridized carbons (Fsp3) is 0.625. The second kappa shape index (κ2) is 14.3. The number of hydrogen-bond donors (Lipinski definition) is 3. The van der Waals surface area contributed by atoms with Crippen molar-refractivity contribution in [1.82, 2.24) is 24.6 Å². The van der Waals surface area contributed by atoms with Gasteiger partial charge in [0.1, 0.15) is 23.2 Å². The van der Waals surface area contributed by atoms with E-state index >= 15 is 0 Å². The van der Waals surface area contributed by atoms with Crippen molar-refractivity contribution in [2.75, 3.05) is 20.1 Å². The number of allylic oxidation sites excluding steroid dienone is 1. The molecule has 0 radical (unpaired) electrons. The number of amides is 4. The van der Waals surface area contributed by atoms with Crippen molar-refractivity contribution in [3.05, 3.63) is 48.0 Å². The highest BCUT2D eigenvalue weighted by Crippen LogP contribution is 2.45. The van der Waals surface area contributed by atoms with Gasteiger partial charge in [-0.3, -0.25) is 14.4 Å². The summed E-state index contributed by atoms with van der Waals surface area (Å²) in [6, 6.07) is 7.71. The van der Waals surface area contributed by atoms with Crippen molar-refractivity contribution in [3.8, 4) is 0 Å². The normalized spacial score (nSPS) is 26.2. The van der Waals surface area contributed by atoms with Crippen molar-refractivity contribution in [2.45, 2.75) is 102 Å². The lowest BCUT2D eigenvalue weighted by Crippen LogP contribution is -2.59. The molecular formula is C32H47N5O7S. The van der Waals surface area contributed by atoms with Crippen molar-refractivity contribution in [1.29, 1.82) is 0 Å². The molecule has 2 heterocycles. The van der Waals surface area contributed by atoms with E-state index in [1.807, 2.05) is 42.5 Å². The molecule has 0 aromatic heterocycles. The highest BCUT2D eigenvalue weighted by atomic mass is 32.2. The molecule has 1 aromatic carbocycles. The van der Waals surface area contributed by atoms with Gasteiger partial charge in [0.15, 0.2) is 0 Å². The van der Waals surface area contributed by atoms with Crippen molar-refractivity contribution >= 4 is 34.0 Å². The van der Waals surface area contributed by atoms with Crippen LogP contribution in [0.5, 0.6) is 0 Å². The second-order valence-electron chi connectivity index (χ2n) is 13.2. The molecule has 1 saturated heterocycles. The summed E-state index contributed by atoms with van der Waals surface area (Å²) in [7, 11) is -2.79. The minimum Gasteiger partial charge on any atom is -0.444 e. The summed E-state index contributed by atoms with van der Waals surface area (Å²) in [6.07, 6.45) is 8.25. The van der Waals surface area contributed by atoms with Gasteiger partial charge in [-0.15, -0.1) is 0 Å². The maximum absolute atomic E-state index is 13.7. The minimum atomic E-state index is -4.19. The number of alkyl carbamates (subject to hydrolysis) is 1. The number of likely N-dealkylation sites (N-methyl/N-ethyl adjacent to an activating group) is 1. The Morgan fingerprint density at radius 1 is 1.09 bits per heavy atom. The highest BCUT2D eigenvalue weighted by Gasteiger charge is 2.61. The smallest absolute Gasteiger partial charge is 0.408 e. The second-order valence-corrected chi connectivity index (χ2v) is 15.0. The van der Waals surface area contributed by atoms with Crippen LogP contribution in [0.2, 0.25) is 0 Å². The minimum absolute atomic E-state index is 0.160. The van der Waals surface area contributed by atoms with Gasteiger partial charge in [0.25, 0.3) is 5.91 Å². The molecule has 2 aliphatic heterocycles. The maximum atomic E-state index is 13.7. The van der Waals surface area contributed by atoms with Crippen molar-refractivity contribution in [3.63, 3.8) is 0 Å². The third-order valence-corrected chi connectivity index (χ3v) is 9.96. The maximum Gasteiger partial charge on any atom is 0.408 e. The zero-order valence-corrected chi connectivity index (χ0v) is 27.5. The lowest BCUT2D eigenvalue weighted by molar-refractivity contribution is -0.141. The fourth-order valence-electron chi connectivity index (χ4n) is 5.88. The molecule has 45 heavy (non-hydrogen) atoms. The molecule has 3 N–H and O–H groups in total. The van der Waals surface area contributed by atoms with Gasteiger partial charge in [-0.1, -0.05) is 55.3 Å². The molecule has 0 spiro atoms. The van der Waals surface area contributed by atoms with Gasteiger partial charge in [-0.05, 0) is 71.3 Å². The average molecular weight is 646 g/mol. The van der Waals surface area contributed by atoms with Gasteiger partial charge in [-0.25, -0.2) is 9.52 Å². The Bertz CT molecular complexity index is 1380. The summed E-state index contributed by atoms with van der Waals surface area (Å²) < 4.78 is 35.0. The summed E-state index contributed by atoms with van der Waals surface area (Å²) in [5, 5.41) is 5.55. The van der Waals surface area contributed by atoms with Crippen LogP contribution in [-0.2, 0) is 35.8 Å². The fourth-order valence-corrected chi connectivity index (χ4v) is 6.78. The van der Waals surface area contributed by atoms with Crippen LogP contribution in [0, 0.1) is 5.92 Å². The van der Waals surface area contributed by atoms with Crippen LogP contribution in [0.15, 0.2) is 42.5 Å². The average Bonchev–Trinajstić information content (AvgIpc) is 3.43. The van der Waals surface area contributed by atoms with E-state index in [4.69, 9.17) is 4.74 Å². The molecule has 0 unspecified atom stereocenters. The zero-order valence-electron chi connectivity index (χ0n) is 26.7. The summed E-state index contributed by atoms with van der Waals surface area (Å²) in [4.78, 5) is 55.2. The summed E-state index contributed by atoms with van der Waals surface area (Å²) in [6.45, 7) is 5.71. The summed E-state index contributed by atoms with van der Waals surface area (Å²) in [5.74, 6) is -2.09. The Labute approximate surface area is 266 Å².